The lowest BCUT2D eigenvalue weighted by Crippen LogP contribution is -2.44. The highest BCUT2D eigenvalue weighted by Gasteiger charge is 2.28. The summed E-state index contributed by atoms with van der Waals surface area (Å²) in [6, 6.07) is 12.6. The Labute approximate surface area is 184 Å². The number of amides is 2. The molecule has 2 aromatic rings. The molecule has 2 rings (SSSR count). The van der Waals surface area contributed by atoms with Crippen molar-refractivity contribution in [3.8, 4) is 6.07 Å². The Balaban J connectivity index is 2.08. The minimum atomic E-state index is -1.33. The van der Waals surface area contributed by atoms with Crippen molar-refractivity contribution in [2.24, 2.45) is 5.73 Å². The lowest BCUT2D eigenvalue weighted by atomic mass is 9.97. The molecule has 2 amide bonds. The number of nitriles is 1. The number of aryl methyl sites for hydroxylation is 1. The summed E-state index contributed by atoms with van der Waals surface area (Å²) in [6.45, 7) is 0.278. The van der Waals surface area contributed by atoms with Crippen LogP contribution >= 0.6 is 0 Å². The Morgan fingerprint density at radius 3 is 2.59 bits per heavy atom. The molecule has 32 heavy (non-hydrogen) atoms. The minimum Gasteiger partial charge on any atom is -0.390 e. The largest absolute Gasteiger partial charge is 0.390 e. The first-order chi connectivity index (χ1) is 15.3. The molecule has 0 aliphatic heterocycles. The van der Waals surface area contributed by atoms with Crippen LogP contribution in [0.5, 0.6) is 0 Å². The van der Waals surface area contributed by atoms with Gasteiger partial charge in [-0.2, -0.15) is 5.26 Å². The number of ether oxygens (including phenoxy) is 1. The average Bonchev–Trinajstić information content (AvgIpc) is 2.75. The van der Waals surface area contributed by atoms with Crippen LogP contribution in [0, 0.1) is 23.0 Å². The van der Waals surface area contributed by atoms with E-state index in [1.165, 1.54) is 0 Å². The van der Waals surface area contributed by atoms with E-state index in [1.807, 2.05) is 36.4 Å². The predicted octanol–water partition coefficient (Wildman–Crippen LogP) is 2.36. The second kappa shape index (κ2) is 12.5. The van der Waals surface area contributed by atoms with Gasteiger partial charge < -0.3 is 20.9 Å². The van der Waals surface area contributed by atoms with Crippen molar-refractivity contribution >= 4 is 11.8 Å². The van der Waals surface area contributed by atoms with Crippen LogP contribution in [0.15, 0.2) is 42.5 Å². The molecule has 0 spiro atoms. The molecule has 0 radical (unpaired) electrons. The number of carbonyl (C=O) groups excluding carboxylic acids is 2. The predicted molar refractivity (Wildman–Crippen MR) is 112 cm³/mol. The Bertz CT molecular complexity index is 964. The number of nitrogens with zero attached hydrogens (tertiary/aromatic N) is 1. The second-order valence-corrected chi connectivity index (χ2v) is 7.15. The molecular weight excluding hydrogens is 420 g/mol. The molecular formula is C23H25F2N3O4. The van der Waals surface area contributed by atoms with E-state index in [9.17, 15) is 23.5 Å². The maximum absolute atomic E-state index is 14.0. The van der Waals surface area contributed by atoms with Crippen LogP contribution in [0.1, 0.15) is 40.7 Å². The van der Waals surface area contributed by atoms with Gasteiger partial charge in [0.2, 0.25) is 0 Å². The molecule has 2 atom stereocenters. The van der Waals surface area contributed by atoms with E-state index in [4.69, 9.17) is 15.7 Å². The van der Waals surface area contributed by atoms with Crippen LogP contribution in [0.4, 0.5) is 8.78 Å². The van der Waals surface area contributed by atoms with Gasteiger partial charge in [-0.25, -0.2) is 8.78 Å². The molecule has 170 valence electrons. The maximum Gasteiger partial charge on any atom is 0.252 e. The third-order valence-corrected chi connectivity index (χ3v) is 4.74. The lowest BCUT2D eigenvalue weighted by molar-refractivity contribution is -0.141. The fourth-order valence-electron chi connectivity index (χ4n) is 3.16. The van der Waals surface area contributed by atoms with Gasteiger partial charge in [-0.3, -0.25) is 9.59 Å². The van der Waals surface area contributed by atoms with Crippen LogP contribution in [-0.4, -0.2) is 35.7 Å². The van der Waals surface area contributed by atoms with Crippen LogP contribution in [0.3, 0.4) is 0 Å². The number of benzene rings is 2. The first kappa shape index (κ1) is 24.9. The Kier molecular flexibility index (Phi) is 9.73. The van der Waals surface area contributed by atoms with Crippen LogP contribution < -0.4 is 11.1 Å². The van der Waals surface area contributed by atoms with Crippen molar-refractivity contribution in [1.82, 2.24) is 5.32 Å². The minimum absolute atomic E-state index is 0.0121. The van der Waals surface area contributed by atoms with E-state index in [-0.39, 0.29) is 38.0 Å². The monoisotopic (exact) mass is 445 g/mol. The molecule has 0 aliphatic carbocycles. The Morgan fingerprint density at radius 2 is 1.94 bits per heavy atom. The van der Waals surface area contributed by atoms with E-state index in [2.05, 4.69) is 5.32 Å². The maximum atomic E-state index is 14.0. The van der Waals surface area contributed by atoms with Gasteiger partial charge in [0, 0.05) is 25.6 Å². The SMILES string of the molecule is N#CCCCOC(C(=O)NCc1ccccc1)C(O)CCc1cc(F)cc(F)c1C(N)=O. The van der Waals surface area contributed by atoms with Crippen LogP contribution in [0.25, 0.3) is 0 Å². The number of nitrogens with one attached hydrogen (secondary N) is 1. The van der Waals surface area contributed by atoms with Gasteiger partial charge in [0.15, 0.2) is 6.10 Å². The van der Waals surface area contributed by atoms with E-state index in [0.29, 0.717) is 12.5 Å². The smallest absolute Gasteiger partial charge is 0.252 e. The summed E-state index contributed by atoms with van der Waals surface area (Å²) in [6.07, 6.45) is -2.25. The fourth-order valence-corrected chi connectivity index (χ4v) is 3.16. The van der Waals surface area contributed by atoms with Gasteiger partial charge in [-0.15, -0.1) is 0 Å². The van der Waals surface area contributed by atoms with Crippen molar-refractivity contribution in [3.63, 3.8) is 0 Å². The zero-order valence-corrected chi connectivity index (χ0v) is 17.4. The number of halogens is 2. The van der Waals surface area contributed by atoms with Crippen molar-refractivity contribution in [2.45, 2.75) is 44.4 Å². The van der Waals surface area contributed by atoms with Crippen molar-refractivity contribution < 1.29 is 28.2 Å². The molecule has 7 nitrogen and oxygen atoms in total. The van der Waals surface area contributed by atoms with Gasteiger partial charge in [0.05, 0.1) is 17.7 Å². The third-order valence-electron chi connectivity index (χ3n) is 4.74. The van der Waals surface area contributed by atoms with Gasteiger partial charge in [0.25, 0.3) is 11.8 Å². The van der Waals surface area contributed by atoms with Gasteiger partial charge in [0.1, 0.15) is 11.6 Å². The van der Waals surface area contributed by atoms with Crippen LogP contribution in [0.2, 0.25) is 0 Å². The Morgan fingerprint density at radius 1 is 1.22 bits per heavy atom. The summed E-state index contributed by atoms with van der Waals surface area (Å²) >= 11 is 0. The zero-order chi connectivity index (χ0) is 23.5. The second-order valence-electron chi connectivity index (χ2n) is 7.15. The van der Waals surface area contributed by atoms with Gasteiger partial charge in [-0.1, -0.05) is 30.3 Å². The molecule has 4 N–H and O–H groups in total. The summed E-state index contributed by atoms with van der Waals surface area (Å²) in [5, 5.41) is 21.9. The molecule has 2 aromatic carbocycles. The zero-order valence-electron chi connectivity index (χ0n) is 17.4. The topological polar surface area (TPSA) is 125 Å². The number of rotatable bonds is 12. The summed E-state index contributed by atoms with van der Waals surface area (Å²) < 4.78 is 33.1. The summed E-state index contributed by atoms with van der Waals surface area (Å²) in [4.78, 5) is 24.2. The number of aliphatic hydroxyl groups excluding tert-OH is 1. The number of hydrogen-bond acceptors (Lipinski definition) is 5. The van der Waals surface area contributed by atoms with E-state index in [0.717, 1.165) is 11.6 Å². The van der Waals surface area contributed by atoms with Gasteiger partial charge >= 0.3 is 0 Å². The molecule has 2 unspecified atom stereocenters. The highest BCUT2D eigenvalue weighted by atomic mass is 19.1. The highest BCUT2D eigenvalue weighted by molar-refractivity contribution is 5.94. The molecule has 0 bridgehead atoms. The number of primary amides is 1. The molecule has 0 fully saturated rings. The number of nitrogens with two attached hydrogens (primary N) is 1. The number of unbranched alkanes of at least 4 members (excludes halogenated alkanes) is 1. The standard InChI is InChI=1S/C23H25F2N3O4/c24-17-12-16(20(22(27)30)18(25)13-17)8-9-19(29)21(32-11-5-4-10-26)23(31)28-14-15-6-2-1-3-7-15/h1-3,6-7,12-13,19,21,29H,4-5,8-9,11,14H2,(H2,27,30)(H,28,31). The van der Waals surface area contributed by atoms with Crippen molar-refractivity contribution in [3.05, 3.63) is 70.8 Å². The normalized spacial score (nSPS) is 12.6. The average molecular weight is 445 g/mol. The van der Waals surface area contributed by atoms with E-state index >= 15 is 0 Å². The molecule has 0 aromatic heterocycles. The fraction of sp³-hybridized carbons (Fsp3) is 0.348. The first-order valence-corrected chi connectivity index (χ1v) is 10.1. The lowest BCUT2D eigenvalue weighted by Gasteiger charge is -2.23. The number of hydrogen-bond donors (Lipinski definition) is 3. The summed E-state index contributed by atoms with van der Waals surface area (Å²) in [5.41, 5.74) is 5.57. The summed E-state index contributed by atoms with van der Waals surface area (Å²) in [7, 11) is 0. The van der Waals surface area contributed by atoms with Gasteiger partial charge in [-0.05, 0) is 36.5 Å². The highest BCUT2D eigenvalue weighted by Crippen LogP contribution is 2.19. The quantitative estimate of drug-likeness (QED) is 0.433. The third kappa shape index (κ3) is 7.41. The van der Waals surface area contributed by atoms with E-state index in [1.54, 1.807) is 0 Å². The molecule has 0 aliphatic rings. The summed E-state index contributed by atoms with van der Waals surface area (Å²) in [5.74, 6) is -3.61. The molecule has 0 saturated heterocycles. The molecule has 0 heterocycles. The molecule has 0 saturated carbocycles. The number of carbonyl (C=O) groups is 2. The van der Waals surface area contributed by atoms with Crippen molar-refractivity contribution in [1.29, 1.82) is 5.26 Å². The number of aliphatic hydroxyl groups is 1. The van der Waals surface area contributed by atoms with E-state index < -0.39 is 41.2 Å². The first-order valence-electron chi connectivity index (χ1n) is 10.1. The van der Waals surface area contributed by atoms with Crippen molar-refractivity contribution in [2.75, 3.05) is 6.61 Å². The molecule has 9 heteroatoms. The van der Waals surface area contributed by atoms with Crippen LogP contribution in [-0.2, 0) is 22.5 Å². The Hall–Kier alpha value is -3.35.